The largest absolute Gasteiger partial charge is 0.345 e. The van der Waals surface area contributed by atoms with E-state index in [1.54, 1.807) is 12.1 Å². The fraction of sp³-hybridized carbons (Fsp3) is 0.533. The summed E-state index contributed by atoms with van der Waals surface area (Å²) >= 11 is 0. The molecule has 19 heavy (non-hydrogen) atoms. The number of ether oxygens (including phenoxy) is 2. The van der Waals surface area contributed by atoms with Gasteiger partial charge in [-0.25, -0.2) is 4.39 Å². The number of hydrogen-bond acceptors (Lipinski definition) is 3. The van der Waals surface area contributed by atoms with Crippen molar-refractivity contribution in [3.8, 4) is 0 Å². The molecule has 0 aliphatic carbocycles. The van der Waals surface area contributed by atoms with E-state index in [4.69, 9.17) is 10.8 Å². The second-order valence-electron chi connectivity index (χ2n) is 4.98. The molecule has 1 fully saturated rings. The van der Waals surface area contributed by atoms with Gasteiger partial charge >= 0.3 is 0 Å². The van der Waals surface area contributed by atoms with Crippen LogP contribution in [0.1, 0.15) is 33.1 Å². The fourth-order valence-corrected chi connectivity index (χ4v) is 2.20. The van der Waals surface area contributed by atoms with Crippen molar-refractivity contribution < 1.29 is 20.0 Å². The maximum Gasteiger partial charge on any atom is 0.194 e. The van der Waals surface area contributed by atoms with Crippen molar-refractivity contribution in [1.82, 2.24) is 0 Å². The smallest absolute Gasteiger partial charge is 0.194 e. The van der Waals surface area contributed by atoms with E-state index in [-0.39, 0.29) is 12.2 Å². The Balaban J connectivity index is 2.15. The summed E-state index contributed by atoms with van der Waals surface area (Å²) in [7, 11) is 0. The predicted molar refractivity (Wildman–Crippen MR) is 69.1 cm³/mol. The quantitative estimate of drug-likeness (QED) is 0.769. The van der Waals surface area contributed by atoms with E-state index in [0.29, 0.717) is 32.0 Å². The molecule has 4 heteroatoms. The van der Waals surface area contributed by atoms with Gasteiger partial charge < -0.3 is 14.3 Å². The molecule has 1 aliphatic heterocycles. The predicted octanol–water partition coefficient (Wildman–Crippen LogP) is 3.03. The van der Waals surface area contributed by atoms with Gasteiger partial charge in [0, 0.05) is 24.3 Å². The molecule has 0 spiro atoms. The van der Waals surface area contributed by atoms with Gasteiger partial charge in [0.05, 0.1) is 13.2 Å². The van der Waals surface area contributed by atoms with Gasteiger partial charge in [0.1, 0.15) is 13.5 Å². The molecule has 1 aromatic rings. The number of rotatable bonds is 5. The molecule has 0 amide bonds. The molecule has 1 saturated heterocycles. The van der Waals surface area contributed by atoms with E-state index in [0.717, 1.165) is 5.56 Å². The molecular weight excluding hydrogens is 247 g/mol. The van der Waals surface area contributed by atoms with Crippen molar-refractivity contribution >= 4 is 6.26 Å². The zero-order valence-electron chi connectivity index (χ0n) is 12.0. The molecule has 1 aliphatic rings. The Bertz CT molecular complexity index is 453. The van der Waals surface area contributed by atoms with Crippen molar-refractivity contribution in [1.29, 1.82) is 0 Å². The van der Waals surface area contributed by atoms with Crippen LogP contribution in [-0.2, 0) is 20.1 Å². The highest BCUT2D eigenvalue weighted by Crippen LogP contribution is 2.36. The number of benzene rings is 1. The van der Waals surface area contributed by atoms with Gasteiger partial charge in [0.2, 0.25) is 0 Å². The van der Waals surface area contributed by atoms with Gasteiger partial charge in [-0.05, 0) is 18.6 Å². The lowest BCUT2D eigenvalue weighted by atomic mass is 9.97. The summed E-state index contributed by atoms with van der Waals surface area (Å²) in [5, 5.41) is 0. The van der Waals surface area contributed by atoms with Crippen LogP contribution < -0.4 is 0 Å². The van der Waals surface area contributed by atoms with Crippen molar-refractivity contribution in [2.75, 3.05) is 13.2 Å². The molecule has 0 radical (unpaired) electrons. The first-order chi connectivity index (χ1) is 9.52. The Labute approximate surface area is 114 Å². The molecular formula is C15H19FO3. The fourth-order valence-electron chi connectivity index (χ4n) is 2.20. The zero-order chi connectivity index (χ0) is 14.6. The van der Waals surface area contributed by atoms with E-state index in [2.05, 4.69) is 0 Å². The normalized spacial score (nSPS) is 27.9. The Morgan fingerprint density at radius 2 is 2.05 bits per heavy atom. The Hall–Kier alpha value is -1.26. The average Bonchev–Trinajstić information content (AvgIpc) is 2.42. The maximum absolute atomic E-state index is 13.0. The van der Waals surface area contributed by atoms with E-state index in [1.165, 1.54) is 12.1 Å². The van der Waals surface area contributed by atoms with Crippen molar-refractivity contribution in [3.63, 3.8) is 0 Å². The van der Waals surface area contributed by atoms with Crippen LogP contribution in [-0.4, -0.2) is 19.5 Å². The molecule has 1 aromatic carbocycles. The number of carbonyl (C=O) groups excluding carboxylic acids is 1. The molecule has 2 rings (SSSR count). The van der Waals surface area contributed by atoms with Crippen LogP contribution in [0.5, 0.6) is 0 Å². The molecule has 0 saturated carbocycles. The van der Waals surface area contributed by atoms with Crippen LogP contribution in [0.4, 0.5) is 4.39 Å². The minimum atomic E-state index is -0.921. The molecule has 0 aromatic heterocycles. The highest BCUT2D eigenvalue weighted by atomic mass is 19.1. The first-order valence-electron chi connectivity index (χ1n) is 7.05. The maximum atomic E-state index is 13.0. The Morgan fingerprint density at radius 3 is 2.63 bits per heavy atom. The van der Waals surface area contributed by atoms with Crippen LogP contribution in [0.25, 0.3) is 0 Å². The van der Waals surface area contributed by atoms with Crippen LogP contribution in [0.2, 0.25) is 0 Å². The standard InChI is InChI=1S/C15H19FO3/c1-12-10-18-15(19-11-12,8-2-3-9-17)13-4-6-14(16)7-5-13/h4-7,9,12H,2-3,8,10-11H2,1H3/i9D. The SMILES string of the molecule is [2H]C(=O)CCCC1(c2ccc(F)cc2)OCC(C)CO1. The van der Waals surface area contributed by atoms with Crippen molar-refractivity contribution in [2.24, 2.45) is 5.92 Å². The summed E-state index contributed by atoms with van der Waals surface area (Å²) in [6.07, 6.45) is 0.568. The first-order valence-corrected chi connectivity index (χ1v) is 6.55. The van der Waals surface area contributed by atoms with E-state index >= 15 is 0 Å². The zero-order valence-corrected chi connectivity index (χ0v) is 11.0. The first kappa shape index (κ1) is 12.8. The van der Waals surface area contributed by atoms with E-state index < -0.39 is 12.0 Å². The van der Waals surface area contributed by atoms with Crippen LogP contribution in [0.3, 0.4) is 0 Å². The molecule has 0 N–H and O–H groups in total. The third-order valence-corrected chi connectivity index (χ3v) is 3.27. The average molecular weight is 267 g/mol. The molecule has 0 bridgehead atoms. The molecule has 104 valence electrons. The third-order valence-electron chi connectivity index (χ3n) is 3.27. The highest BCUT2D eigenvalue weighted by Gasteiger charge is 2.37. The minimum absolute atomic E-state index is 0.172. The number of aldehydes is 1. The van der Waals surface area contributed by atoms with Crippen LogP contribution in [0, 0.1) is 11.7 Å². The topological polar surface area (TPSA) is 35.5 Å². The molecule has 0 atom stereocenters. The van der Waals surface area contributed by atoms with Gasteiger partial charge in [-0.15, -0.1) is 0 Å². The van der Waals surface area contributed by atoms with Gasteiger partial charge in [-0.2, -0.15) is 0 Å². The Morgan fingerprint density at radius 1 is 1.42 bits per heavy atom. The van der Waals surface area contributed by atoms with Gasteiger partial charge in [-0.3, -0.25) is 0 Å². The second kappa shape index (κ2) is 6.26. The van der Waals surface area contributed by atoms with Crippen LogP contribution in [0.15, 0.2) is 24.3 Å². The van der Waals surface area contributed by atoms with E-state index in [1.807, 2.05) is 6.92 Å². The summed E-state index contributed by atoms with van der Waals surface area (Å²) in [5.74, 6) is -0.925. The third kappa shape index (κ3) is 3.39. The summed E-state index contributed by atoms with van der Waals surface area (Å²) in [4.78, 5) is 10.8. The van der Waals surface area contributed by atoms with Gasteiger partial charge in [0.25, 0.3) is 0 Å². The van der Waals surface area contributed by atoms with Gasteiger partial charge in [-0.1, -0.05) is 19.1 Å². The second-order valence-corrected chi connectivity index (χ2v) is 4.98. The Kier molecular flexibility index (Phi) is 4.20. The monoisotopic (exact) mass is 267 g/mol. The van der Waals surface area contributed by atoms with Crippen molar-refractivity contribution in [2.45, 2.75) is 32.0 Å². The minimum Gasteiger partial charge on any atom is -0.345 e. The summed E-state index contributed by atoms with van der Waals surface area (Å²) in [6, 6.07) is 6.04. The lowest BCUT2D eigenvalue weighted by Crippen LogP contribution is -2.41. The van der Waals surface area contributed by atoms with Gasteiger partial charge in [0.15, 0.2) is 5.79 Å². The highest BCUT2D eigenvalue weighted by molar-refractivity contribution is 5.49. The molecule has 0 unspecified atom stereocenters. The molecule has 1 heterocycles. The number of carbonyl (C=O) groups is 1. The summed E-state index contributed by atoms with van der Waals surface area (Å²) in [6.45, 7) is 3.15. The lowest BCUT2D eigenvalue weighted by molar-refractivity contribution is -0.294. The van der Waals surface area contributed by atoms with Crippen molar-refractivity contribution in [3.05, 3.63) is 35.6 Å². The summed E-state index contributed by atoms with van der Waals surface area (Å²) < 4.78 is 31.7. The number of hydrogen-bond donors (Lipinski definition) is 0. The van der Waals surface area contributed by atoms with Crippen LogP contribution >= 0.6 is 0 Å². The number of halogens is 1. The van der Waals surface area contributed by atoms with E-state index in [9.17, 15) is 9.18 Å². The molecule has 3 nitrogen and oxygen atoms in total. The lowest BCUT2D eigenvalue weighted by Gasteiger charge is -2.40. The summed E-state index contributed by atoms with van der Waals surface area (Å²) in [5.41, 5.74) is 0.753.